The molecule has 184 valence electrons. The third kappa shape index (κ3) is 6.40. The molecule has 3 rings (SSSR count). The largest absolute Gasteiger partial charge is 0.444 e. The molecular weight excluding hydrogens is 476 g/mol. The van der Waals surface area contributed by atoms with Gasteiger partial charge in [-0.15, -0.1) is 0 Å². The fourth-order valence-corrected chi connectivity index (χ4v) is 3.93. The smallest absolute Gasteiger partial charge is 0.419 e. The van der Waals surface area contributed by atoms with Crippen molar-refractivity contribution in [1.29, 1.82) is 0 Å². The number of hydrogen-bond donors (Lipinski definition) is 1. The molecule has 1 unspecified atom stereocenters. The number of ether oxygens (including phenoxy) is 1. The van der Waals surface area contributed by atoms with Gasteiger partial charge in [0, 0.05) is 35.6 Å². The number of piperidine rings is 1. The normalized spacial score (nSPS) is 19.0. The minimum Gasteiger partial charge on any atom is -0.444 e. The molecule has 2 aromatic carbocycles. The van der Waals surface area contributed by atoms with Gasteiger partial charge >= 0.3 is 12.3 Å². The van der Waals surface area contributed by atoms with Gasteiger partial charge in [0.05, 0.1) is 5.56 Å². The van der Waals surface area contributed by atoms with Crippen LogP contribution in [0, 0.1) is 5.82 Å². The third-order valence-corrected chi connectivity index (χ3v) is 5.67. The van der Waals surface area contributed by atoms with Gasteiger partial charge in [-0.05, 0) is 63.1 Å². The Morgan fingerprint density at radius 1 is 1.09 bits per heavy atom. The molecule has 1 aliphatic heterocycles. The Morgan fingerprint density at radius 2 is 1.74 bits per heavy atom. The Kier molecular flexibility index (Phi) is 7.45. The number of benzene rings is 2. The molecule has 2 aromatic rings. The number of rotatable bonds is 3. The monoisotopic (exact) mass is 500 g/mol. The van der Waals surface area contributed by atoms with E-state index in [1.54, 1.807) is 45.0 Å². The number of nitrogens with zero attached hydrogens (tertiary/aromatic N) is 1. The van der Waals surface area contributed by atoms with Gasteiger partial charge in [-0.25, -0.2) is 9.18 Å². The van der Waals surface area contributed by atoms with Gasteiger partial charge in [0.15, 0.2) is 0 Å². The van der Waals surface area contributed by atoms with Crippen molar-refractivity contribution in [1.82, 2.24) is 10.2 Å². The van der Waals surface area contributed by atoms with Gasteiger partial charge < -0.3 is 15.0 Å². The lowest BCUT2D eigenvalue weighted by atomic mass is 9.86. The number of hydrogen-bond acceptors (Lipinski definition) is 3. The number of nitrogens with one attached hydrogen (secondary N) is 1. The molecule has 0 aliphatic carbocycles. The summed E-state index contributed by atoms with van der Waals surface area (Å²) in [5, 5.41) is 3.27. The average Bonchev–Trinajstić information content (AvgIpc) is 2.73. The van der Waals surface area contributed by atoms with Crippen molar-refractivity contribution in [3.05, 3.63) is 70.0 Å². The summed E-state index contributed by atoms with van der Waals surface area (Å²) in [5.74, 6) is -2.58. The van der Waals surface area contributed by atoms with E-state index < -0.39 is 41.2 Å². The van der Waals surface area contributed by atoms with Crippen LogP contribution in [0.3, 0.4) is 0 Å². The van der Waals surface area contributed by atoms with Gasteiger partial charge in [-0.2, -0.15) is 13.2 Å². The quantitative estimate of drug-likeness (QED) is 0.524. The van der Waals surface area contributed by atoms with Crippen molar-refractivity contribution < 1.29 is 31.9 Å². The standard InChI is InChI=1S/C24H25ClF4N2O3/c1-23(2,3)34-22(33)31-11-10-20(17(13-31)14-4-7-16(25)8-5-14)30-21(32)15-6-9-19(26)18(12-15)24(27,28)29/h4-9,12,17,20H,10-11,13H2,1-3H3,(H,30,32)/t17-,20?/m0/s1. The highest BCUT2D eigenvalue weighted by Crippen LogP contribution is 2.33. The fraction of sp³-hybridized carbons (Fsp3) is 0.417. The van der Waals surface area contributed by atoms with E-state index in [-0.39, 0.29) is 24.6 Å². The highest BCUT2D eigenvalue weighted by Gasteiger charge is 2.37. The summed E-state index contributed by atoms with van der Waals surface area (Å²) in [6.07, 6.45) is -5.08. The van der Waals surface area contributed by atoms with Crippen molar-refractivity contribution in [2.24, 2.45) is 0 Å². The molecular formula is C24H25ClF4N2O3. The van der Waals surface area contributed by atoms with Crippen LogP contribution in [0.15, 0.2) is 42.5 Å². The predicted molar refractivity (Wildman–Crippen MR) is 119 cm³/mol. The number of halogens is 5. The first-order chi connectivity index (χ1) is 15.7. The number of alkyl halides is 3. The first kappa shape index (κ1) is 25.8. The van der Waals surface area contributed by atoms with Gasteiger partial charge in [-0.3, -0.25) is 4.79 Å². The Balaban J connectivity index is 1.84. The van der Waals surface area contributed by atoms with Crippen molar-refractivity contribution >= 4 is 23.6 Å². The first-order valence-electron chi connectivity index (χ1n) is 10.7. The van der Waals surface area contributed by atoms with E-state index in [2.05, 4.69) is 5.32 Å². The lowest BCUT2D eigenvalue weighted by Crippen LogP contribution is -2.52. The van der Waals surface area contributed by atoms with Gasteiger partial charge in [-0.1, -0.05) is 23.7 Å². The summed E-state index contributed by atoms with van der Waals surface area (Å²) in [5.41, 5.74) is -1.71. The molecule has 1 N–H and O–H groups in total. The topological polar surface area (TPSA) is 58.6 Å². The Morgan fingerprint density at radius 3 is 2.32 bits per heavy atom. The fourth-order valence-electron chi connectivity index (χ4n) is 3.80. The van der Waals surface area contributed by atoms with Crippen LogP contribution in [-0.4, -0.2) is 41.6 Å². The highest BCUT2D eigenvalue weighted by molar-refractivity contribution is 6.30. The second-order valence-corrected chi connectivity index (χ2v) is 9.58. The Hall–Kier alpha value is -2.81. The maximum atomic E-state index is 13.6. The zero-order valence-corrected chi connectivity index (χ0v) is 19.6. The molecule has 0 radical (unpaired) electrons. The molecule has 0 aromatic heterocycles. The molecule has 1 aliphatic rings. The SMILES string of the molecule is CC(C)(C)OC(=O)N1CCC(NC(=O)c2ccc(F)c(C(F)(F)F)c2)[C@H](c2ccc(Cl)cc2)C1. The molecule has 1 heterocycles. The van der Waals surface area contributed by atoms with Crippen molar-refractivity contribution in [3.8, 4) is 0 Å². The maximum Gasteiger partial charge on any atom is 0.419 e. The molecule has 5 nitrogen and oxygen atoms in total. The molecule has 0 bridgehead atoms. The zero-order chi connectivity index (χ0) is 25.3. The van der Waals surface area contributed by atoms with Gasteiger partial charge in [0.1, 0.15) is 11.4 Å². The maximum absolute atomic E-state index is 13.6. The lowest BCUT2D eigenvalue weighted by molar-refractivity contribution is -0.140. The van der Waals surface area contributed by atoms with Crippen LogP contribution < -0.4 is 5.32 Å². The van der Waals surface area contributed by atoms with Gasteiger partial charge in [0.2, 0.25) is 0 Å². The molecule has 0 saturated carbocycles. The molecule has 34 heavy (non-hydrogen) atoms. The summed E-state index contributed by atoms with van der Waals surface area (Å²) in [4.78, 5) is 27.0. The highest BCUT2D eigenvalue weighted by atomic mass is 35.5. The van der Waals surface area contributed by atoms with Crippen molar-refractivity contribution in [2.45, 2.75) is 50.9 Å². The molecule has 10 heteroatoms. The first-order valence-corrected chi connectivity index (χ1v) is 11.0. The predicted octanol–water partition coefficient (Wildman–Crippen LogP) is 6.02. The molecule has 2 atom stereocenters. The summed E-state index contributed by atoms with van der Waals surface area (Å²) >= 11 is 5.99. The number of carbonyl (C=O) groups excluding carboxylic acids is 2. The molecule has 0 spiro atoms. The minimum absolute atomic E-state index is 0.221. The second kappa shape index (κ2) is 9.82. The van der Waals surface area contributed by atoms with E-state index in [1.165, 1.54) is 4.90 Å². The summed E-state index contributed by atoms with van der Waals surface area (Å²) < 4.78 is 58.3. The van der Waals surface area contributed by atoms with Crippen LogP contribution in [0.5, 0.6) is 0 Å². The summed E-state index contributed by atoms with van der Waals surface area (Å²) in [6, 6.07) is 8.53. The van der Waals surface area contributed by atoms with E-state index in [9.17, 15) is 27.2 Å². The van der Waals surface area contributed by atoms with Crippen LogP contribution >= 0.6 is 11.6 Å². The zero-order valence-electron chi connectivity index (χ0n) is 18.9. The van der Waals surface area contributed by atoms with Crippen LogP contribution in [0.25, 0.3) is 0 Å². The number of carbonyl (C=O) groups is 2. The van der Waals surface area contributed by atoms with E-state index >= 15 is 0 Å². The van der Waals surface area contributed by atoms with E-state index in [0.29, 0.717) is 23.6 Å². The van der Waals surface area contributed by atoms with Gasteiger partial charge in [0.25, 0.3) is 5.91 Å². The van der Waals surface area contributed by atoms with Crippen LogP contribution in [-0.2, 0) is 10.9 Å². The number of amides is 2. The van der Waals surface area contributed by atoms with E-state index in [4.69, 9.17) is 16.3 Å². The van der Waals surface area contributed by atoms with Crippen molar-refractivity contribution in [3.63, 3.8) is 0 Å². The number of likely N-dealkylation sites (tertiary alicyclic amines) is 1. The lowest BCUT2D eigenvalue weighted by Gasteiger charge is -2.39. The molecule has 1 fully saturated rings. The summed E-state index contributed by atoms with van der Waals surface area (Å²) in [7, 11) is 0. The van der Waals surface area contributed by atoms with E-state index in [0.717, 1.165) is 11.6 Å². The van der Waals surface area contributed by atoms with Crippen LogP contribution in [0.4, 0.5) is 22.4 Å². The van der Waals surface area contributed by atoms with E-state index in [1.807, 2.05) is 0 Å². The molecule has 1 saturated heterocycles. The Bertz CT molecular complexity index is 1050. The minimum atomic E-state index is -4.93. The third-order valence-electron chi connectivity index (χ3n) is 5.41. The summed E-state index contributed by atoms with van der Waals surface area (Å²) in [6.45, 7) is 5.77. The Labute approximate surface area is 200 Å². The van der Waals surface area contributed by atoms with Crippen molar-refractivity contribution in [2.75, 3.05) is 13.1 Å². The molecule has 2 amide bonds. The average molecular weight is 501 g/mol. The second-order valence-electron chi connectivity index (χ2n) is 9.15. The van der Waals surface area contributed by atoms with Crippen LogP contribution in [0.2, 0.25) is 5.02 Å². The van der Waals surface area contributed by atoms with Crippen LogP contribution in [0.1, 0.15) is 54.6 Å².